The summed E-state index contributed by atoms with van der Waals surface area (Å²) in [7, 11) is 1.67. The second-order valence-electron chi connectivity index (χ2n) is 5.47. The van der Waals surface area contributed by atoms with Crippen LogP contribution in [0, 0.1) is 10.1 Å². The van der Waals surface area contributed by atoms with Crippen molar-refractivity contribution < 1.29 is 9.72 Å². The number of urea groups is 1. The summed E-state index contributed by atoms with van der Waals surface area (Å²) >= 11 is 6.10. The van der Waals surface area contributed by atoms with Gasteiger partial charge in [0.05, 0.1) is 11.0 Å². The fourth-order valence-corrected chi connectivity index (χ4v) is 2.44. The van der Waals surface area contributed by atoms with Crippen molar-refractivity contribution in [2.24, 2.45) is 0 Å². The zero-order valence-electron chi connectivity index (χ0n) is 13.4. The first kappa shape index (κ1) is 17.7. The largest absolute Gasteiger partial charge is 0.331 e. The Morgan fingerprint density at radius 3 is 2.67 bits per heavy atom. The van der Waals surface area contributed by atoms with Crippen LogP contribution >= 0.6 is 11.6 Å². The SMILES string of the molecule is C[C@H](NC(=O)N(C)Cc1ccccc1Cl)c1cccc([N+](=O)[O-])c1. The van der Waals surface area contributed by atoms with Crippen LogP contribution in [-0.4, -0.2) is 22.9 Å². The minimum absolute atomic E-state index is 0.00183. The molecule has 0 spiro atoms. The fourth-order valence-electron chi connectivity index (χ4n) is 2.24. The maximum Gasteiger partial charge on any atom is 0.317 e. The number of rotatable bonds is 5. The van der Waals surface area contributed by atoms with E-state index in [2.05, 4.69) is 5.32 Å². The van der Waals surface area contributed by atoms with Crippen LogP contribution in [0.1, 0.15) is 24.1 Å². The number of nitrogens with one attached hydrogen (secondary N) is 1. The van der Waals surface area contributed by atoms with Crippen LogP contribution in [0.3, 0.4) is 0 Å². The smallest absolute Gasteiger partial charge is 0.317 e. The molecule has 1 N–H and O–H groups in total. The maximum atomic E-state index is 12.3. The third-order valence-electron chi connectivity index (χ3n) is 3.63. The average Bonchev–Trinajstić information content (AvgIpc) is 2.56. The van der Waals surface area contributed by atoms with Crippen LogP contribution < -0.4 is 5.32 Å². The van der Waals surface area contributed by atoms with Crippen LogP contribution in [0.25, 0.3) is 0 Å². The number of carbonyl (C=O) groups is 1. The monoisotopic (exact) mass is 347 g/mol. The van der Waals surface area contributed by atoms with E-state index in [1.54, 1.807) is 32.2 Å². The van der Waals surface area contributed by atoms with E-state index in [1.165, 1.54) is 17.0 Å². The van der Waals surface area contributed by atoms with Crippen molar-refractivity contribution in [2.75, 3.05) is 7.05 Å². The van der Waals surface area contributed by atoms with E-state index in [1.807, 2.05) is 18.2 Å². The third kappa shape index (κ3) is 4.45. The highest BCUT2D eigenvalue weighted by Crippen LogP contribution is 2.20. The molecule has 126 valence electrons. The lowest BCUT2D eigenvalue weighted by atomic mass is 10.1. The number of nitro groups is 1. The molecule has 0 bridgehead atoms. The van der Waals surface area contributed by atoms with Crippen molar-refractivity contribution >= 4 is 23.3 Å². The normalized spacial score (nSPS) is 11.6. The van der Waals surface area contributed by atoms with E-state index in [9.17, 15) is 14.9 Å². The van der Waals surface area contributed by atoms with Crippen molar-refractivity contribution in [2.45, 2.75) is 19.5 Å². The van der Waals surface area contributed by atoms with Gasteiger partial charge in [-0.1, -0.05) is 41.9 Å². The summed E-state index contributed by atoms with van der Waals surface area (Å²) < 4.78 is 0. The Morgan fingerprint density at radius 1 is 1.29 bits per heavy atom. The molecule has 2 aromatic rings. The Labute approximate surface area is 145 Å². The van der Waals surface area contributed by atoms with Gasteiger partial charge >= 0.3 is 6.03 Å². The van der Waals surface area contributed by atoms with Crippen molar-refractivity contribution in [1.29, 1.82) is 0 Å². The molecule has 1 atom stereocenters. The van der Waals surface area contributed by atoms with Crippen molar-refractivity contribution in [3.8, 4) is 0 Å². The van der Waals surface area contributed by atoms with Gasteiger partial charge in [0.25, 0.3) is 5.69 Å². The van der Waals surface area contributed by atoms with Gasteiger partial charge in [-0.2, -0.15) is 0 Å². The molecule has 0 saturated heterocycles. The first-order chi connectivity index (χ1) is 11.4. The Balaban J connectivity index is 2.02. The molecule has 2 aromatic carbocycles. The molecule has 7 heteroatoms. The van der Waals surface area contributed by atoms with Gasteiger partial charge < -0.3 is 10.2 Å². The molecule has 0 heterocycles. The molecule has 0 aromatic heterocycles. The summed E-state index contributed by atoms with van der Waals surface area (Å²) in [5.41, 5.74) is 1.52. The van der Waals surface area contributed by atoms with Gasteiger partial charge in [-0.05, 0) is 24.1 Å². The number of nitro benzene ring substituents is 1. The van der Waals surface area contributed by atoms with E-state index in [0.29, 0.717) is 17.1 Å². The van der Waals surface area contributed by atoms with E-state index >= 15 is 0 Å². The summed E-state index contributed by atoms with van der Waals surface area (Å²) in [5, 5.41) is 14.3. The number of nitrogens with zero attached hydrogens (tertiary/aromatic N) is 2. The van der Waals surface area contributed by atoms with Crippen LogP contribution in [0.5, 0.6) is 0 Å². The van der Waals surface area contributed by atoms with Crippen molar-refractivity contribution in [3.63, 3.8) is 0 Å². The Morgan fingerprint density at radius 2 is 2.00 bits per heavy atom. The molecule has 0 radical (unpaired) electrons. The molecule has 6 nitrogen and oxygen atoms in total. The standard InChI is InChI=1S/C17H18ClN3O3/c1-12(13-7-5-8-15(10-13)21(23)24)19-17(22)20(2)11-14-6-3-4-9-16(14)18/h3-10,12H,11H2,1-2H3,(H,19,22)/t12-/m0/s1. The quantitative estimate of drug-likeness (QED) is 0.652. The van der Waals surface area contributed by atoms with E-state index < -0.39 is 4.92 Å². The number of carbonyl (C=O) groups excluding carboxylic acids is 1. The van der Waals surface area contributed by atoms with Crippen LogP contribution in [0.2, 0.25) is 5.02 Å². The molecule has 0 aliphatic heterocycles. The van der Waals surface area contributed by atoms with Gasteiger partial charge in [0.2, 0.25) is 0 Å². The highest BCUT2D eigenvalue weighted by molar-refractivity contribution is 6.31. The van der Waals surface area contributed by atoms with Crippen LogP contribution in [0.15, 0.2) is 48.5 Å². The van der Waals surface area contributed by atoms with Gasteiger partial charge in [0, 0.05) is 30.7 Å². The van der Waals surface area contributed by atoms with Gasteiger partial charge in [0.15, 0.2) is 0 Å². The molecule has 0 aliphatic rings. The second kappa shape index (κ2) is 7.79. The second-order valence-corrected chi connectivity index (χ2v) is 5.88. The Hall–Kier alpha value is -2.60. The zero-order chi connectivity index (χ0) is 17.7. The Bertz CT molecular complexity index is 751. The molecule has 2 rings (SSSR count). The lowest BCUT2D eigenvalue weighted by Crippen LogP contribution is -2.38. The van der Waals surface area contributed by atoms with Crippen LogP contribution in [-0.2, 0) is 6.54 Å². The maximum absolute atomic E-state index is 12.3. The summed E-state index contributed by atoms with van der Waals surface area (Å²) in [6, 6.07) is 12.9. The average molecular weight is 348 g/mol. The highest BCUT2D eigenvalue weighted by atomic mass is 35.5. The predicted octanol–water partition coefficient (Wildman–Crippen LogP) is 4.15. The lowest BCUT2D eigenvalue weighted by molar-refractivity contribution is -0.384. The zero-order valence-corrected chi connectivity index (χ0v) is 14.2. The van der Waals surface area contributed by atoms with Crippen LogP contribution in [0.4, 0.5) is 10.5 Å². The van der Waals surface area contributed by atoms with E-state index in [0.717, 1.165) is 5.56 Å². The summed E-state index contributed by atoms with van der Waals surface area (Å²) in [5.74, 6) is 0. The Kier molecular flexibility index (Phi) is 5.76. The fraction of sp³-hybridized carbons (Fsp3) is 0.235. The highest BCUT2D eigenvalue weighted by Gasteiger charge is 2.16. The molecule has 2 amide bonds. The third-order valence-corrected chi connectivity index (χ3v) is 4.00. The molecule has 0 aliphatic carbocycles. The minimum atomic E-state index is -0.457. The number of non-ortho nitro benzene ring substituents is 1. The summed E-state index contributed by atoms with van der Waals surface area (Å²) in [6.07, 6.45) is 0. The number of halogens is 1. The molecular weight excluding hydrogens is 330 g/mol. The van der Waals surface area contributed by atoms with Gasteiger partial charge in [-0.25, -0.2) is 4.79 Å². The topological polar surface area (TPSA) is 75.5 Å². The first-order valence-corrected chi connectivity index (χ1v) is 7.75. The minimum Gasteiger partial charge on any atom is -0.331 e. The number of hydrogen-bond acceptors (Lipinski definition) is 3. The van der Waals surface area contributed by atoms with E-state index in [-0.39, 0.29) is 17.8 Å². The van der Waals surface area contributed by atoms with E-state index in [4.69, 9.17) is 11.6 Å². The molecular formula is C17H18ClN3O3. The summed E-state index contributed by atoms with van der Waals surface area (Å²) in [4.78, 5) is 24.2. The van der Waals surface area contributed by atoms with Gasteiger partial charge in [-0.15, -0.1) is 0 Å². The molecule has 0 saturated carbocycles. The predicted molar refractivity (Wildman–Crippen MR) is 93.0 cm³/mol. The molecule has 0 unspecified atom stereocenters. The van der Waals surface area contributed by atoms with Crippen molar-refractivity contribution in [1.82, 2.24) is 10.2 Å². The molecule has 0 fully saturated rings. The summed E-state index contributed by atoms with van der Waals surface area (Å²) in [6.45, 7) is 2.15. The number of hydrogen-bond donors (Lipinski definition) is 1. The number of benzene rings is 2. The van der Waals surface area contributed by atoms with Crippen molar-refractivity contribution in [3.05, 3.63) is 74.8 Å². The van der Waals surface area contributed by atoms with Gasteiger partial charge in [0.1, 0.15) is 0 Å². The number of amides is 2. The lowest BCUT2D eigenvalue weighted by Gasteiger charge is -2.22. The van der Waals surface area contributed by atoms with Gasteiger partial charge in [-0.3, -0.25) is 10.1 Å². The molecule has 24 heavy (non-hydrogen) atoms. The first-order valence-electron chi connectivity index (χ1n) is 7.38.